The molecule has 7 rings (SSSR count). The molecule has 0 saturated carbocycles. The molecule has 1 unspecified atom stereocenters. The predicted molar refractivity (Wildman–Crippen MR) is 197 cm³/mol. The lowest BCUT2D eigenvalue weighted by atomic mass is 9.76. The van der Waals surface area contributed by atoms with Gasteiger partial charge in [0, 0.05) is 35.3 Å². The number of para-hydroxylation sites is 1. The molecule has 1 amide bonds. The summed E-state index contributed by atoms with van der Waals surface area (Å²) in [5, 5.41) is 11.4. The number of nitrogens with zero attached hydrogens (tertiary/aromatic N) is 3. The number of fused-ring (bicyclic) bond motifs is 1. The Kier molecular flexibility index (Phi) is 9.00. The number of carbonyl (C=O) groups is 1. The number of rotatable bonds is 11. The summed E-state index contributed by atoms with van der Waals surface area (Å²) in [6.07, 6.45) is 5.60. The highest BCUT2D eigenvalue weighted by molar-refractivity contribution is 5.85. The summed E-state index contributed by atoms with van der Waals surface area (Å²) >= 11 is 0. The zero-order valence-electron chi connectivity index (χ0n) is 28.8. The molecule has 49 heavy (non-hydrogen) atoms. The van der Waals surface area contributed by atoms with E-state index in [-0.39, 0.29) is 18.6 Å². The Hall–Kier alpha value is -4.94. The fourth-order valence-corrected chi connectivity index (χ4v) is 8.18. The van der Waals surface area contributed by atoms with Gasteiger partial charge >= 0.3 is 0 Å². The summed E-state index contributed by atoms with van der Waals surface area (Å²) in [7, 11) is 0. The van der Waals surface area contributed by atoms with Crippen molar-refractivity contribution in [2.24, 2.45) is 5.41 Å². The molecule has 250 valence electrons. The summed E-state index contributed by atoms with van der Waals surface area (Å²) < 4.78 is 2.31. The SMILES string of the molecule is Cc1c(CCC(C)(Cc2ncn(C(c3ccccc3)(c3ccccc3)c3ccccc3)c2C)C(=O)N2CCC[C@H]2CO)[nH]c2ccccc12. The van der Waals surface area contributed by atoms with Gasteiger partial charge in [-0.05, 0) is 67.9 Å². The highest BCUT2D eigenvalue weighted by atomic mass is 16.3. The molecule has 6 aromatic rings. The standard InChI is InChI=1S/C43H46N4O2/c1-31-37-23-13-14-24-39(37)45-38(31)25-26-42(3,41(49)46-27-15-22-36(46)29-48)28-40-32(2)47(30-44-40)43(33-16-7-4-8-17-33,34-18-9-5-10-19-34)35-20-11-6-12-21-35/h4-14,16-21,23-24,30,36,45,48H,15,22,25-29H2,1-3H3/t36-,42?/m0/s1. The predicted octanol–water partition coefficient (Wildman–Crippen LogP) is 7.99. The largest absolute Gasteiger partial charge is 0.394 e. The van der Waals surface area contributed by atoms with Gasteiger partial charge in [0.2, 0.25) is 5.91 Å². The van der Waals surface area contributed by atoms with Crippen LogP contribution in [0.1, 0.15) is 65.5 Å². The number of amides is 1. The molecular weight excluding hydrogens is 604 g/mol. The number of aromatic amines is 1. The zero-order valence-corrected chi connectivity index (χ0v) is 28.8. The Labute approximate surface area is 289 Å². The first-order valence-corrected chi connectivity index (χ1v) is 17.5. The van der Waals surface area contributed by atoms with E-state index in [1.807, 2.05) is 11.2 Å². The van der Waals surface area contributed by atoms with Crippen molar-refractivity contribution in [3.05, 3.63) is 161 Å². The minimum absolute atomic E-state index is 0.00958. The van der Waals surface area contributed by atoms with Crippen molar-refractivity contribution in [2.45, 2.75) is 64.5 Å². The smallest absolute Gasteiger partial charge is 0.229 e. The van der Waals surface area contributed by atoms with Crippen LogP contribution in [0.4, 0.5) is 0 Å². The van der Waals surface area contributed by atoms with Gasteiger partial charge in [-0.15, -0.1) is 0 Å². The molecule has 1 saturated heterocycles. The van der Waals surface area contributed by atoms with Crippen LogP contribution in [0.25, 0.3) is 10.9 Å². The Morgan fingerprint density at radius 1 is 0.857 bits per heavy atom. The van der Waals surface area contributed by atoms with E-state index < -0.39 is 11.0 Å². The topological polar surface area (TPSA) is 74.2 Å². The highest BCUT2D eigenvalue weighted by Gasteiger charge is 2.44. The van der Waals surface area contributed by atoms with Crippen molar-refractivity contribution < 1.29 is 9.90 Å². The van der Waals surface area contributed by atoms with Gasteiger partial charge in [0.25, 0.3) is 0 Å². The van der Waals surface area contributed by atoms with Crippen LogP contribution in [0.3, 0.4) is 0 Å². The summed E-state index contributed by atoms with van der Waals surface area (Å²) in [4.78, 5) is 25.4. The maximum absolute atomic E-state index is 14.7. The molecule has 0 radical (unpaired) electrons. The van der Waals surface area contributed by atoms with Crippen LogP contribution < -0.4 is 0 Å². The van der Waals surface area contributed by atoms with Crippen LogP contribution in [0.2, 0.25) is 0 Å². The number of hydrogen-bond acceptors (Lipinski definition) is 3. The minimum Gasteiger partial charge on any atom is -0.394 e. The van der Waals surface area contributed by atoms with Gasteiger partial charge < -0.3 is 19.6 Å². The third-order valence-electron chi connectivity index (χ3n) is 11.0. The molecule has 6 heteroatoms. The van der Waals surface area contributed by atoms with E-state index in [9.17, 15) is 9.90 Å². The molecule has 1 fully saturated rings. The molecule has 2 aromatic heterocycles. The number of H-pyrrole nitrogens is 1. The fraction of sp³-hybridized carbons (Fsp3) is 0.302. The zero-order chi connectivity index (χ0) is 34.0. The van der Waals surface area contributed by atoms with Crippen LogP contribution in [-0.4, -0.2) is 49.6 Å². The van der Waals surface area contributed by atoms with Gasteiger partial charge in [0.1, 0.15) is 5.54 Å². The third-order valence-corrected chi connectivity index (χ3v) is 11.0. The molecule has 2 N–H and O–H groups in total. The van der Waals surface area contributed by atoms with E-state index >= 15 is 0 Å². The number of benzene rings is 4. The molecule has 3 heterocycles. The number of aliphatic hydroxyl groups excluding tert-OH is 1. The lowest BCUT2D eigenvalue weighted by molar-refractivity contribution is -0.143. The number of likely N-dealkylation sites (tertiary alicyclic amines) is 1. The average molecular weight is 651 g/mol. The van der Waals surface area contributed by atoms with Crippen LogP contribution in [0.15, 0.2) is 122 Å². The lowest BCUT2D eigenvalue weighted by Crippen LogP contribution is -2.47. The number of hydrogen-bond donors (Lipinski definition) is 2. The van der Waals surface area contributed by atoms with Crippen molar-refractivity contribution in [3.63, 3.8) is 0 Å². The van der Waals surface area contributed by atoms with Gasteiger partial charge in [0.05, 0.1) is 30.1 Å². The Bertz CT molecular complexity index is 1940. The van der Waals surface area contributed by atoms with E-state index in [1.165, 1.54) is 16.6 Å². The van der Waals surface area contributed by atoms with Crippen molar-refractivity contribution in [3.8, 4) is 0 Å². The quantitative estimate of drug-likeness (QED) is 0.140. The Morgan fingerprint density at radius 2 is 1.43 bits per heavy atom. The van der Waals surface area contributed by atoms with E-state index in [4.69, 9.17) is 4.98 Å². The molecule has 0 aliphatic carbocycles. The van der Waals surface area contributed by atoms with Crippen LogP contribution in [0, 0.1) is 19.3 Å². The second-order valence-corrected chi connectivity index (χ2v) is 13.9. The molecule has 0 spiro atoms. The van der Waals surface area contributed by atoms with Crippen molar-refractivity contribution in [1.82, 2.24) is 19.4 Å². The third kappa shape index (κ3) is 5.78. The van der Waals surface area contributed by atoms with E-state index in [2.05, 4.69) is 146 Å². The van der Waals surface area contributed by atoms with Crippen molar-refractivity contribution >= 4 is 16.8 Å². The Morgan fingerprint density at radius 3 is 2.00 bits per heavy atom. The second-order valence-electron chi connectivity index (χ2n) is 13.9. The van der Waals surface area contributed by atoms with Gasteiger partial charge in [-0.2, -0.15) is 0 Å². The first kappa shape index (κ1) is 32.6. The monoisotopic (exact) mass is 650 g/mol. The number of aliphatic hydroxyl groups is 1. The van der Waals surface area contributed by atoms with Crippen LogP contribution in [0.5, 0.6) is 0 Å². The van der Waals surface area contributed by atoms with E-state index in [1.54, 1.807) is 0 Å². The molecule has 0 bridgehead atoms. The molecule has 1 aliphatic heterocycles. The fourth-order valence-electron chi connectivity index (χ4n) is 8.18. The number of carbonyl (C=O) groups excluding carboxylic acids is 1. The van der Waals surface area contributed by atoms with Gasteiger partial charge in [-0.25, -0.2) is 4.98 Å². The number of aryl methyl sites for hydroxylation is 2. The second kappa shape index (κ2) is 13.5. The van der Waals surface area contributed by atoms with Crippen molar-refractivity contribution in [1.29, 1.82) is 0 Å². The number of imidazole rings is 1. The maximum atomic E-state index is 14.7. The summed E-state index contributed by atoms with van der Waals surface area (Å²) in [5.74, 6) is 0.104. The Balaban J connectivity index is 1.33. The van der Waals surface area contributed by atoms with Gasteiger partial charge in [-0.1, -0.05) is 116 Å². The molecular formula is C43H46N4O2. The number of aromatic nitrogens is 3. The summed E-state index contributed by atoms with van der Waals surface area (Å²) in [6, 6.07) is 40.1. The number of nitrogens with one attached hydrogen (secondary N) is 1. The van der Waals surface area contributed by atoms with Crippen LogP contribution >= 0.6 is 0 Å². The summed E-state index contributed by atoms with van der Waals surface area (Å²) in [5.41, 5.74) is 7.45. The lowest BCUT2D eigenvalue weighted by Gasteiger charge is -2.38. The molecule has 4 aromatic carbocycles. The van der Waals surface area contributed by atoms with Crippen LogP contribution in [-0.2, 0) is 23.2 Å². The van der Waals surface area contributed by atoms with Crippen molar-refractivity contribution in [2.75, 3.05) is 13.2 Å². The molecule has 6 nitrogen and oxygen atoms in total. The molecule has 2 atom stereocenters. The summed E-state index contributed by atoms with van der Waals surface area (Å²) in [6.45, 7) is 7.09. The average Bonchev–Trinajstić information content (AvgIpc) is 3.86. The maximum Gasteiger partial charge on any atom is 0.229 e. The first-order valence-electron chi connectivity index (χ1n) is 17.5. The van der Waals surface area contributed by atoms with E-state index in [0.717, 1.165) is 52.9 Å². The van der Waals surface area contributed by atoms with Gasteiger partial charge in [-0.3, -0.25) is 4.79 Å². The molecule has 1 aliphatic rings. The first-order chi connectivity index (χ1) is 23.9. The normalized spacial score (nSPS) is 16.2. The van der Waals surface area contributed by atoms with E-state index in [0.29, 0.717) is 19.4 Å². The minimum atomic E-state index is -0.736. The highest BCUT2D eigenvalue weighted by Crippen LogP contribution is 2.43. The van der Waals surface area contributed by atoms with Gasteiger partial charge in [0.15, 0.2) is 0 Å².